The van der Waals surface area contributed by atoms with Crippen molar-refractivity contribution in [2.45, 2.75) is 32.0 Å². The standard InChI is InChI=1S/C24H20P.3C2F5.BrH.Ga/c1-5-13-21(14-6-1)25(22-15-7-2-8-16-22,23-17-9-3-10-18-23)24-19-11-4-12-20-24;3*3-1(4)2(5,6)7;;/h1-20H;;;;1H;/q+1;;;;;/p-1. The summed E-state index contributed by atoms with van der Waals surface area (Å²) < 4.78 is 163. The Morgan fingerprint density at radius 1 is 0.333 bits per heavy atom. The van der Waals surface area contributed by atoms with Crippen molar-refractivity contribution >= 4 is 55.1 Å². The van der Waals surface area contributed by atoms with Gasteiger partial charge in [0.15, 0.2) is 0 Å². The molecule has 0 amide bonds. The van der Waals surface area contributed by atoms with Gasteiger partial charge in [0.2, 0.25) is 0 Å². The van der Waals surface area contributed by atoms with Crippen LogP contribution < -0.4 is 21.2 Å². The molecule has 4 rings (SSSR count). The van der Waals surface area contributed by atoms with Gasteiger partial charge in [0.05, 0.1) is 0 Å². The van der Waals surface area contributed by atoms with E-state index in [9.17, 15) is 65.9 Å². The summed E-state index contributed by atoms with van der Waals surface area (Å²) in [6, 6.07) is 43.8. The molecule has 0 aliphatic rings. The molecule has 4 aromatic carbocycles. The molecule has 0 aromatic heterocycles. The Bertz CT molecular complexity index is 1380. The van der Waals surface area contributed by atoms with Gasteiger partial charge in [0.1, 0.15) is 28.5 Å². The zero-order valence-corrected chi connectivity index (χ0v) is 28.5. The van der Waals surface area contributed by atoms with Crippen molar-refractivity contribution in [3.05, 3.63) is 121 Å². The van der Waals surface area contributed by atoms with Gasteiger partial charge in [-0.15, -0.1) is 0 Å². The molecule has 0 fully saturated rings. The van der Waals surface area contributed by atoms with E-state index in [1.165, 1.54) is 21.2 Å². The molecule has 0 aliphatic heterocycles. The maximum absolute atomic E-state index is 13.0. The molecular formula is C30H20BrF15GaP. The maximum Gasteiger partial charge on any atom is 0.144 e. The fourth-order valence-corrected chi connectivity index (χ4v) is 18.9. The van der Waals surface area contributed by atoms with Crippen molar-refractivity contribution in [1.82, 2.24) is 0 Å². The monoisotopic (exact) mass is 844 g/mol. The molecule has 0 N–H and O–H groups in total. The van der Waals surface area contributed by atoms with Gasteiger partial charge in [-0.3, -0.25) is 0 Å². The van der Waals surface area contributed by atoms with E-state index in [1.807, 2.05) is 0 Å². The van der Waals surface area contributed by atoms with Crippen LogP contribution in [0, 0.1) is 0 Å². The van der Waals surface area contributed by atoms with Crippen LogP contribution in [0.15, 0.2) is 121 Å². The van der Waals surface area contributed by atoms with Crippen LogP contribution in [0.2, 0.25) is 0 Å². The molecule has 0 aliphatic carbocycles. The van der Waals surface area contributed by atoms with Gasteiger partial charge in [0, 0.05) is 0 Å². The van der Waals surface area contributed by atoms with Gasteiger partial charge in [-0.25, -0.2) is 0 Å². The molecule has 0 saturated heterocycles. The molecular weight excluding hydrogens is 826 g/mol. The van der Waals surface area contributed by atoms with Gasteiger partial charge >= 0.3 is 124 Å². The van der Waals surface area contributed by atoms with Crippen LogP contribution >= 0.6 is 20.8 Å². The Labute approximate surface area is 273 Å². The van der Waals surface area contributed by atoms with Gasteiger partial charge in [-0.1, -0.05) is 72.8 Å². The molecule has 0 saturated carbocycles. The van der Waals surface area contributed by atoms with E-state index in [-0.39, 0.29) is 13.6 Å². The largest absolute Gasteiger partial charge is 0.144 e. The van der Waals surface area contributed by atoms with Gasteiger partial charge < -0.3 is 0 Å². The van der Waals surface area contributed by atoms with Crippen LogP contribution in [0.4, 0.5) is 65.9 Å². The van der Waals surface area contributed by atoms with Crippen LogP contribution in [0.1, 0.15) is 0 Å². The first-order valence-electron chi connectivity index (χ1n) is 13.2. The average Bonchev–Trinajstić information content (AvgIpc) is 3.01. The molecule has 0 bridgehead atoms. The van der Waals surface area contributed by atoms with E-state index < -0.39 is 52.3 Å². The zero-order valence-electron chi connectivity index (χ0n) is 23.6. The third-order valence-corrected chi connectivity index (χ3v) is 28.8. The molecule has 0 radical (unpaired) electrons. The predicted octanol–water partition coefficient (Wildman–Crippen LogP) is 9.84. The molecule has 0 heterocycles. The fourth-order valence-electron chi connectivity index (χ4n) is 4.86. The zero-order chi connectivity index (χ0) is 36.5. The number of alkyl halides is 15. The average molecular weight is 846 g/mol. The van der Waals surface area contributed by atoms with E-state index >= 15 is 0 Å². The van der Waals surface area contributed by atoms with E-state index in [0.29, 0.717) is 0 Å². The first kappa shape index (κ1) is 39.8. The van der Waals surface area contributed by atoms with Gasteiger partial charge in [-0.2, -0.15) is 0 Å². The third-order valence-electron chi connectivity index (χ3n) is 7.21. The summed E-state index contributed by atoms with van der Waals surface area (Å²) >= 11 is -10.1. The van der Waals surface area contributed by atoms with Crippen LogP contribution in [-0.4, -0.2) is 45.0 Å². The normalized spacial score (nSPS) is 13.8. The summed E-state index contributed by atoms with van der Waals surface area (Å²) in [6.45, 7) is 0. The maximum atomic E-state index is 13.0. The van der Waals surface area contributed by atoms with E-state index in [2.05, 4.69) is 121 Å². The Hall–Kier alpha value is -2.62. The van der Waals surface area contributed by atoms with Crippen molar-refractivity contribution in [2.75, 3.05) is 0 Å². The predicted molar refractivity (Wildman–Crippen MR) is 159 cm³/mol. The minimum atomic E-state index is -10.3. The first-order chi connectivity index (χ1) is 21.9. The summed E-state index contributed by atoms with van der Waals surface area (Å²) in [5.74, 6) is 0. The SMILES string of the molecule is FC(F)(F)[C](F)(F)[Ga-]([Br])([C](F)(F)C(F)(F)F)[C](F)(F)C(F)(F)F.c1ccc([P+](c2ccccc2)(c2ccccc2)c2ccccc2)cc1. The van der Waals surface area contributed by atoms with E-state index in [1.54, 1.807) is 0 Å². The summed E-state index contributed by atoms with van der Waals surface area (Å²) in [5, 5.41) is 5.55. The Morgan fingerprint density at radius 3 is 0.646 bits per heavy atom. The Morgan fingerprint density at radius 2 is 0.500 bits per heavy atom. The molecule has 48 heavy (non-hydrogen) atoms. The number of halogens is 16. The Balaban J connectivity index is 0.000000262. The molecule has 4 aromatic rings. The summed E-state index contributed by atoms with van der Waals surface area (Å²) in [7, 11) is -1.91. The molecule has 0 nitrogen and oxygen atoms in total. The molecule has 260 valence electrons. The number of benzene rings is 4. The van der Waals surface area contributed by atoms with Crippen molar-refractivity contribution in [1.29, 1.82) is 0 Å². The van der Waals surface area contributed by atoms with Gasteiger partial charge in [-0.05, 0) is 48.5 Å². The second kappa shape index (κ2) is 13.9. The van der Waals surface area contributed by atoms with Crippen LogP contribution in [0.5, 0.6) is 0 Å². The molecule has 0 atom stereocenters. The van der Waals surface area contributed by atoms with Gasteiger partial charge in [0.25, 0.3) is 0 Å². The van der Waals surface area contributed by atoms with Crippen molar-refractivity contribution in [3.63, 3.8) is 0 Å². The number of hydrogen-bond acceptors (Lipinski definition) is 0. The molecule has 0 unspecified atom stereocenters. The first-order valence-corrected chi connectivity index (χ1v) is 24.3. The second-order valence-electron chi connectivity index (χ2n) is 10.1. The van der Waals surface area contributed by atoms with Crippen molar-refractivity contribution in [2.24, 2.45) is 0 Å². The minimum absolute atomic E-state index is 0.251. The summed E-state index contributed by atoms with van der Waals surface area (Å²) in [6.07, 6.45) is -22.6. The number of rotatable bonds is 7. The molecule has 0 spiro atoms. The summed E-state index contributed by atoms with van der Waals surface area (Å²) in [4.78, 5) is 0. The van der Waals surface area contributed by atoms with E-state index in [4.69, 9.17) is 0 Å². The summed E-state index contributed by atoms with van der Waals surface area (Å²) in [5.41, 5.74) is 0. The van der Waals surface area contributed by atoms with Crippen molar-refractivity contribution < 1.29 is 65.9 Å². The minimum Gasteiger partial charge on any atom is -0.0620 e. The van der Waals surface area contributed by atoms with Crippen LogP contribution in [0.25, 0.3) is 0 Å². The smallest absolute Gasteiger partial charge is 0.0620 e. The number of hydrogen-bond donors (Lipinski definition) is 0. The van der Waals surface area contributed by atoms with E-state index in [0.717, 1.165) is 0 Å². The Kier molecular flexibility index (Phi) is 11.6. The van der Waals surface area contributed by atoms with Crippen LogP contribution in [-0.2, 0) is 0 Å². The topological polar surface area (TPSA) is 0 Å². The van der Waals surface area contributed by atoms with Crippen LogP contribution in [0.3, 0.4) is 0 Å². The van der Waals surface area contributed by atoms with Crippen molar-refractivity contribution in [3.8, 4) is 0 Å². The molecule has 18 heteroatoms. The second-order valence-corrected chi connectivity index (χ2v) is 28.4. The third kappa shape index (κ3) is 6.76. The quantitative estimate of drug-likeness (QED) is 0.0988. The fraction of sp³-hybridized carbons (Fsp3) is 0.200.